The lowest BCUT2D eigenvalue weighted by Crippen LogP contribution is -2.48. The molecule has 0 atom stereocenters. The fraction of sp³-hybridized carbons (Fsp3) is 0.429. The van der Waals surface area contributed by atoms with Gasteiger partial charge in [-0.1, -0.05) is 18.2 Å². The van der Waals surface area contributed by atoms with E-state index in [0.29, 0.717) is 6.54 Å². The first-order valence-electron chi connectivity index (χ1n) is 9.23. The molecule has 0 bridgehead atoms. The van der Waals surface area contributed by atoms with Crippen molar-refractivity contribution >= 4 is 11.6 Å². The number of aryl methyl sites for hydroxylation is 3. The van der Waals surface area contributed by atoms with Gasteiger partial charge in [0, 0.05) is 44.6 Å². The Hall–Kier alpha value is -2.24. The molecule has 138 valence electrons. The zero-order valence-corrected chi connectivity index (χ0v) is 16.0. The molecule has 2 heterocycles. The van der Waals surface area contributed by atoms with Gasteiger partial charge in [0.05, 0.1) is 12.2 Å². The van der Waals surface area contributed by atoms with Crippen molar-refractivity contribution in [2.45, 2.75) is 27.3 Å². The molecule has 0 radical (unpaired) electrons. The Morgan fingerprint density at radius 3 is 2.50 bits per heavy atom. The molecule has 1 aliphatic rings. The van der Waals surface area contributed by atoms with E-state index in [2.05, 4.69) is 39.2 Å². The van der Waals surface area contributed by atoms with Gasteiger partial charge in [-0.3, -0.25) is 19.6 Å². The average molecular weight is 352 g/mol. The topological polar surface area (TPSA) is 48.5 Å². The van der Waals surface area contributed by atoms with E-state index in [1.807, 2.05) is 38.2 Å². The summed E-state index contributed by atoms with van der Waals surface area (Å²) in [7, 11) is 0. The van der Waals surface area contributed by atoms with Gasteiger partial charge in [0.1, 0.15) is 0 Å². The largest absolute Gasteiger partial charge is 0.325 e. The number of aromatic nitrogens is 1. The second-order valence-corrected chi connectivity index (χ2v) is 7.19. The predicted octanol–water partition coefficient (Wildman–Crippen LogP) is 2.76. The molecule has 0 unspecified atom stereocenters. The van der Waals surface area contributed by atoms with Gasteiger partial charge in [0.25, 0.3) is 0 Å². The molecule has 2 aromatic rings. The van der Waals surface area contributed by atoms with Crippen LogP contribution >= 0.6 is 0 Å². The van der Waals surface area contributed by atoms with E-state index in [1.165, 1.54) is 5.56 Å². The number of carbonyl (C=O) groups is 1. The maximum Gasteiger partial charge on any atom is 0.238 e. The maximum atomic E-state index is 12.4. The Balaban J connectivity index is 1.47. The number of hydrogen-bond acceptors (Lipinski definition) is 4. The lowest BCUT2D eigenvalue weighted by Gasteiger charge is -2.34. The number of hydrogen-bond donors (Lipinski definition) is 1. The molecule has 1 saturated heterocycles. The van der Waals surface area contributed by atoms with E-state index in [9.17, 15) is 4.79 Å². The van der Waals surface area contributed by atoms with Crippen molar-refractivity contribution in [1.82, 2.24) is 14.8 Å². The van der Waals surface area contributed by atoms with Gasteiger partial charge in [-0.2, -0.15) is 0 Å². The third kappa shape index (κ3) is 4.90. The number of carbonyl (C=O) groups excluding carboxylic acids is 1. The normalized spacial score (nSPS) is 15.8. The molecule has 3 rings (SSSR count). The second-order valence-electron chi connectivity index (χ2n) is 7.19. The van der Waals surface area contributed by atoms with Crippen LogP contribution in [0.2, 0.25) is 0 Å². The lowest BCUT2D eigenvalue weighted by atomic mass is 10.1. The standard InChI is InChI=1S/C21H28N4O/c1-16-6-7-18(3)19(13-16)23-21(26)15-25-11-9-24(10-12-25)14-20-17(2)5-4-8-22-20/h4-8,13H,9-12,14-15H2,1-3H3,(H,23,26). The molecule has 1 aromatic heterocycles. The van der Waals surface area contributed by atoms with Gasteiger partial charge in [-0.25, -0.2) is 0 Å². The fourth-order valence-electron chi connectivity index (χ4n) is 3.26. The summed E-state index contributed by atoms with van der Waals surface area (Å²) < 4.78 is 0. The second kappa shape index (κ2) is 8.43. The highest BCUT2D eigenvalue weighted by Gasteiger charge is 2.20. The minimum Gasteiger partial charge on any atom is -0.325 e. The first-order valence-corrected chi connectivity index (χ1v) is 9.23. The molecular formula is C21H28N4O. The van der Waals surface area contributed by atoms with Crippen molar-refractivity contribution in [2.24, 2.45) is 0 Å². The third-order valence-corrected chi connectivity index (χ3v) is 4.99. The van der Waals surface area contributed by atoms with Gasteiger partial charge >= 0.3 is 0 Å². The van der Waals surface area contributed by atoms with Crippen molar-refractivity contribution < 1.29 is 4.79 Å². The van der Waals surface area contributed by atoms with Crippen LogP contribution in [-0.4, -0.2) is 53.4 Å². The smallest absolute Gasteiger partial charge is 0.238 e. The van der Waals surface area contributed by atoms with E-state index < -0.39 is 0 Å². The Morgan fingerprint density at radius 2 is 1.77 bits per heavy atom. The molecule has 1 aromatic carbocycles. The van der Waals surface area contributed by atoms with E-state index in [0.717, 1.165) is 55.2 Å². The van der Waals surface area contributed by atoms with Gasteiger partial charge in [-0.15, -0.1) is 0 Å². The minimum absolute atomic E-state index is 0.0627. The summed E-state index contributed by atoms with van der Waals surface area (Å²) >= 11 is 0. The molecular weight excluding hydrogens is 324 g/mol. The van der Waals surface area contributed by atoms with Gasteiger partial charge in [0.2, 0.25) is 5.91 Å². The molecule has 5 nitrogen and oxygen atoms in total. The zero-order chi connectivity index (χ0) is 18.5. The maximum absolute atomic E-state index is 12.4. The van der Waals surface area contributed by atoms with Gasteiger partial charge in [0.15, 0.2) is 0 Å². The highest BCUT2D eigenvalue weighted by Crippen LogP contribution is 2.16. The number of nitrogens with one attached hydrogen (secondary N) is 1. The SMILES string of the molecule is Cc1ccc(C)c(NC(=O)CN2CCN(Cc3ncccc3C)CC2)c1. The van der Waals surface area contributed by atoms with Crippen molar-refractivity contribution in [3.8, 4) is 0 Å². The van der Waals surface area contributed by atoms with Gasteiger partial charge in [-0.05, 0) is 49.6 Å². The van der Waals surface area contributed by atoms with Crippen molar-refractivity contribution in [3.63, 3.8) is 0 Å². The Morgan fingerprint density at radius 1 is 1.04 bits per heavy atom. The predicted molar refractivity (Wildman–Crippen MR) is 105 cm³/mol. The summed E-state index contributed by atoms with van der Waals surface area (Å²) in [6.07, 6.45) is 1.86. The van der Waals surface area contributed by atoms with E-state index in [4.69, 9.17) is 0 Å². The first kappa shape index (κ1) is 18.5. The van der Waals surface area contributed by atoms with Crippen LogP contribution in [0.4, 0.5) is 5.69 Å². The van der Waals surface area contributed by atoms with Crippen molar-refractivity contribution in [3.05, 3.63) is 58.9 Å². The quantitative estimate of drug-likeness (QED) is 0.899. The number of anilines is 1. The molecule has 1 aliphatic heterocycles. The minimum atomic E-state index is 0.0627. The van der Waals surface area contributed by atoms with Gasteiger partial charge < -0.3 is 5.32 Å². The van der Waals surface area contributed by atoms with Crippen LogP contribution in [0.15, 0.2) is 36.5 Å². The van der Waals surface area contributed by atoms with Crippen LogP contribution in [0.3, 0.4) is 0 Å². The van der Waals surface area contributed by atoms with Crippen LogP contribution in [0.25, 0.3) is 0 Å². The Labute approximate surface area is 156 Å². The van der Waals surface area contributed by atoms with E-state index in [-0.39, 0.29) is 5.91 Å². The number of benzene rings is 1. The highest BCUT2D eigenvalue weighted by atomic mass is 16.2. The molecule has 0 aliphatic carbocycles. The summed E-state index contributed by atoms with van der Waals surface area (Å²) in [5.74, 6) is 0.0627. The van der Waals surface area contributed by atoms with Crippen LogP contribution in [0, 0.1) is 20.8 Å². The van der Waals surface area contributed by atoms with Crippen molar-refractivity contribution in [1.29, 1.82) is 0 Å². The summed E-state index contributed by atoms with van der Waals surface area (Å²) in [5, 5.41) is 3.05. The number of pyridine rings is 1. The average Bonchev–Trinajstić information content (AvgIpc) is 2.62. The van der Waals surface area contributed by atoms with Crippen LogP contribution in [0.1, 0.15) is 22.4 Å². The summed E-state index contributed by atoms with van der Waals surface area (Å²) in [6.45, 7) is 11.2. The number of nitrogens with zero attached hydrogens (tertiary/aromatic N) is 3. The monoisotopic (exact) mass is 352 g/mol. The Bertz CT molecular complexity index is 766. The van der Waals surface area contributed by atoms with Crippen LogP contribution in [-0.2, 0) is 11.3 Å². The molecule has 0 saturated carbocycles. The molecule has 26 heavy (non-hydrogen) atoms. The fourth-order valence-corrected chi connectivity index (χ4v) is 3.26. The molecule has 0 spiro atoms. The van der Waals surface area contributed by atoms with E-state index in [1.54, 1.807) is 0 Å². The number of rotatable bonds is 5. The summed E-state index contributed by atoms with van der Waals surface area (Å²) in [6, 6.07) is 10.2. The van der Waals surface area contributed by atoms with Crippen LogP contribution < -0.4 is 5.32 Å². The summed E-state index contributed by atoms with van der Waals surface area (Å²) in [5.41, 5.74) is 5.56. The lowest BCUT2D eigenvalue weighted by molar-refractivity contribution is -0.117. The molecule has 1 fully saturated rings. The molecule has 1 amide bonds. The summed E-state index contributed by atoms with van der Waals surface area (Å²) in [4.78, 5) is 21.5. The highest BCUT2D eigenvalue weighted by molar-refractivity contribution is 5.93. The van der Waals surface area contributed by atoms with E-state index >= 15 is 0 Å². The third-order valence-electron chi connectivity index (χ3n) is 4.99. The van der Waals surface area contributed by atoms with Crippen molar-refractivity contribution in [2.75, 3.05) is 38.0 Å². The molecule has 5 heteroatoms. The Kier molecular flexibility index (Phi) is 6.01. The number of piperazine rings is 1. The van der Waals surface area contributed by atoms with Crippen LogP contribution in [0.5, 0.6) is 0 Å². The molecule has 1 N–H and O–H groups in total. The number of amides is 1. The first-order chi connectivity index (χ1) is 12.5. The zero-order valence-electron chi connectivity index (χ0n) is 16.0.